The first-order chi connectivity index (χ1) is 8.06. The smallest absolute Gasteiger partial charge is 0.317 e. The Balaban J connectivity index is 1.74. The Hall–Kier alpha value is -1.08. The zero-order chi connectivity index (χ0) is 12.4. The maximum atomic E-state index is 11.6. The zero-order valence-electron chi connectivity index (χ0n) is 8.85. The Bertz CT molecular complexity index is 443. The number of halogens is 1. The molecule has 2 heterocycles. The molecule has 0 unspecified atom stereocenters. The van der Waals surface area contributed by atoms with Gasteiger partial charge in [0.05, 0.1) is 12.5 Å². The summed E-state index contributed by atoms with van der Waals surface area (Å²) in [7, 11) is 0. The van der Waals surface area contributed by atoms with E-state index in [1.807, 2.05) is 11.4 Å². The Labute approximate surface area is 111 Å². The molecule has 92 valence electrons. The molecule has 1 fully saturated rings. The van der Waals surface area contributed by atoms with Gasteiger partial charge in [-0.05, 0) is 22.0 Å². The molecule has 5 nitrogen and oxygen atoms in total. The van der Waals surface area contributed by atoms with Crippen LogP contribution >= 0.6 is 27.3 Å². The van der Waals surface area contributed by atoms with Crippen molar-refractivity contribution < 1.29 is 14.7 Å². The maximum absolute atomic E-state index is 11.6. The number of aliphatic carboxylic acids is 1. The quantitative estimate of drug-likeness (QED) is 0.891. The number of nitrogens with one attached hydrogen (secondary N) is 1. The van der Waals surface area contributed by atoms with Crippen molar-refractivity contribution in [1.82, 2.24) is 10.2 Å². The van der Waals surface area contributed by atoms with Gasteiger partial charge < -0.3 is 15.3 Å². The molecule has 0 saturated carbocycles. The average molecular weight is 319 g/mol. The fraction of sp³-hybridized carbons (Fsp3) is 0.400. The van der Waals surface area contributed by atoms with Crippen LogP contribution in [0.1, 0.15) is 4.88 Å². The molecule has 2 amide bonds. The molecule has 1 saturated heterocycles. The van der Waals surface area contributed by atoms with Crippen molar-refractivity contribution in [2.24, 2.45) is 5.92 Å². The highest BCUT2D eigenvalue weighted by Crippen LogP contribution is 2.20. The van der Waals surface area contributed by atoms with Gasteiger partial charge in [-0.3, -0.25) is 4.79 Å². The summed E-state index contributed by atoms with van der Waals surface area (Å²) in [5, 5.41) is 13.4. The molecule has 17 heavy (non-hydrogen) atoms. The van der Waals surface area contributed by atoms with Crippen LogP contribution in [-0.4, -0.2) is 35.1 Å². The Morgan fingerprint density at radius 2 is 2.29 bits per heavy atom. The monoisotopic (exact) mass is 318 g/mol. The van der Waals surface area contributed by atoms with Gasteiger partial charge in [0.25, 0.3) is 0 Å². The van der Waals surface area contributed by atoms with Crippen LogP contribution in [0, 0.1) is 5.92 Å². The molecule has 1 aliphatic rings. The first kappa shape index (κ1) is 12.4. The van der Waals surface area contributed by atoms with E-state index in [-0.39, 0.29) is 6.03 Å². The van der Waals surface area contributed by atoms with Crippen LogP contribution in [0.3, 0.4) is 0 Å². The third kappa shape index (κ3) is 2.98. The van der Waals surface area contributed by atoms with Crippen molar-refractivity contribution >= 4 is 39.3 Å². The molecule has 1 aromatic rings. The van der Waals surface area contributed by atoms with Crippen molar-refractivity contribution in [3.8, 4) is 0 Å². The molecule has 0 radical (unpaired) electrons. The second kappa shape index (κ2) is 5.05. The minimum Gasteiger partial charge on any atom is -0.481 e. The summed E-state index contributed by atoms with van der Waals surface area (Å²) in [6.45, 7) is 1.08. The van der Waals surface area contributed by atoms with Crippen LogP contribution in [0.4, 0.5) is 4.79 Å². The van der Waals surface area contributed by atoms with Gasteiger partial charge in [0, 0.05) is 27.8 Å². The lowest BCUT2D eigenvalue weighted by molar-refractivity contribution is -0.146. The summed E-state index contributed by atoms with van der Waals surface area (Å²) >= 11 is 4.90. The summed E-state index contributed by atoms with van der Waals surface area (Å²) in [4.78, 5) is 24.7. The van der Waals surface area contributed by atoms with Gasteiger partial charge in [-0.25, -0.2) is 4.79 Å². The van der Waals surface area contributed by atoms with Gasteiger partial charge in [0.2, 0.25) is 0 Å². The number of likely N-dealkylation sites (tertiary alicyclic amines) is 1. The molecule has 0 aliphatic carbocycles. The molecular weight excluding hydrogens is 308 g/mol. The number of carbonyl (C=O) groups is 2. The van der Waals surface area contributed by atoms with E-state index >= 15 is 0 Å². The van der Waals surface area contributed by atoms with E-state index in [1.54, 1.807) is 11.3 Å². The van der Waals surface area contributed by atoms with Gasteiger partial charge in [-0.2, -0.15) is 0 Å². The first-order valence-corrected chi connectivity index (χ1v) is 6.72. The molecule has 1 aromatic heterocycles. The highest BCUT2D eigenvalue weighted by Gasteiger charge is 2.35. The van der Waals surface area contributed by atoms with Gasteiger partial charge in [-0.1, -0.05) is 0 Å². The third-order valence-corrected chi connectivity index (χ3v) is 4.25. The van der Waals surface area contributed by atoms with Gasteiger partial charge in [-0.15, -0.1) is 11.3 Å². The van der Waals surface area contributed by atoms with Crippen LogP contribution in [0.5, 0.6) is 0 Å². The number of thiophene rings is 1. The summed E-state index contributed by atoms with van der Waals surface area (Å²) in [5.74, 6) is -1.24. The van der Waals surface area contributed by atoms with E-state index in [9.17, 15) is 9.59 Å². The Morgan fingerprint density at radius 1 is 1.59 bits per heavy atom. The van der Waals surface area contributed by atoms with Crippen molar-refractivity contribution in [3.63, 3.8) is 0 Å². The summed E-state index contributed by atoms with van der Waals surface area (Å²) in [6, 6.07) is 1.74. The number of amides is 2. The zero-order valence-corrected chi connectivity index (χ0v) is 11.3. The van der Waals surface area contributed by atoms with Gasteiger partial charge in [0.15, 0.2) is 0 Å². The van der Waals surface area contributed by atoms with E-state index in [1.165, 1.54) is 4.90 Å². The summed E-state index contributed by atoms with van der Waals surface area (Å²) in [5.41, 5.74) is 0. The predicted octanol–water partition coefficient (Wildman–Crippen LogP) is 1.74. The summed E-state index contributed by atoms with van der Waals surface area (Å²) in [6.07, 6.45) is 0. The number of carbonyl (C=O) groups excluding carboxylic acids is 1. The van der Waals surface area contributed by atoms with Crippen molar-refractivity contribution in [2.75, 3.05) is 13.1 Å². The molecule has 1 aliphatic heterocycles. The number of carboxylic acid groups (broad SMARTS) is 1. The molecule has 7 heteroatoms. The lowest BCUT2D eigenvalue weighted by Gasteiger charge is -2.36. The molecule has 0 bridgehead atoms. The Morgan fingerprint density at radius 3 is 2.82 bits per heavy atom. The lowest BCUT2D eigenvalue weighted by Crippen LogP contribution is -2.55. The molecule has 2 rings (SSSR count). The van der Waals surface area contributed by atoms with E-state index in [0.29, 0.717) is 19.6 Å². The van der Waals surface area contributed by atoms with Crippen LogP contribution < -0.4 is 5.32 Å². The SMILES string of the molecule is O=C(O)C1CN(C(=O)NCc2cc(Br)cs2)C1. The molecule has 2 N–H and O–H groups in total. The number of hydrogen-bond donors (Lipinski definition) is 2. The van der Waals surface area contributed by atoms with Gasteiger partial charge in [0.1, 0.15) is 0 Å². The van der Waals surface area contributed by atoms with E-state index in [2.05, 4.69) is 21.2 Å². The van der Waals surface area contributed by atoms with Crippen molar-refractivity contribution in [3.05, 3.63) is 20.8 Å². The van der Waals surface area contributed by atoms with Crippen molar-refractivity contribution in [1.29, 1.82) is 0 Å². The number of rotatable bonds is 3. The topological polar surface area (TPSA) is 69.6 Å². The van der Waals surface area contributed by atoms with Crippen LogP contribution in [0.15, 0.2) is 15.9 Å². The second-order valence-corrected chi connectivity index (χ2v) is 5.74. The molecule has 0 spiro atoms. The lowest BCUT2D eigenvalue weighted by atomic mass is 10.0. The number of nitrogens with zero attached hydrogens (tertiary/aromatic N) is 1. The predicted molar refractivity (Wildman–Crippen MR) is 67.0 cm³/mol. The fourth-order valence-corrected chi connectivity index (χ4v) is 2.91. The normalized spacial score (nSPS) is 15.5. The van der Waals surface area contributed by atoms with E-state index in [4.69, 9.17) is 5.11 Å². The largest absolute Gasteiger partial charge is 0.481 e. The minimum absolute atomic E-state index is 0.202. The second-order valence-electron chi connectivity index (χ2n) is 3.83. The number of carboxylic acids is 1. The maximum Gasteiger partial charge on any atom is 0.317 e. The van der Waals surface area contributed by atoms with E-state index < -0.39 is 11.9 Å². The van der Waals surface area contributed by atoms with Crippen molar-refractivity contribution in [2.45, 2.75) is 6.54 Å². The van der Waals surface area contributed by atoms with Crippen LogP contribution in [0.25, 0.3) is 0 Å². The standard InChI is InChI=1S/C10H11BrN2O3S/c11-7-1-8(17-5-7)2-12-10(16)13-3-6(4-13)9(14)15/h1,5-6H,2-4H2,(H,12,16)(H,14,15). The summed E-state index contributed by atoms with van der Waals surface area (Å²) < 4.78 is 1.00. The highest BCUT2D eigenvalue weighted by atomic mass is 79.9. The highest BCUT2D eigenvalue weighted by molar-refractivity contribution is 9.10. The molecule has 0 atom stereocenters. The van der Waals surface area contributed by atoms with E-state index in [0.717, 1.165) is 9.35 Å². The van der Waals surface area contributed by atoms with Crippen LogP contribution in [-0.2, 0) is 11.3 Å². The third-order valence-electron chi connectivity index (χ3n) is 2.55. The average Bonchev–Trinajstić information content (AvgIpc) is 2.58. The fourth-order valence-electron chi connectivity index (χ4n) is 1.52. The van der Waals surface area contributed by atoms with Gasteiger partial charge >= 0.3 is 12.0 Å². The Kier molecular flexibility index (Phi) is 3.68. The minimum atomic E-state index is -0.837. The first-order valence-electron chi connectivity index (χ1n) is 5.05. The number of hydrogen-bond acceptors (Lipinski definition) is 3. The van der Waals surface area contributed by atoms with Crippen LogP contribution in [0.2, 0.25) is 0 Å². The number of urea groups is 1. The molecule has 0 aromatic carbocycles. The molecular formula is C10H11BrN2O3S.